The summed E-state index contributed by atoms with van der Waals surface area (Å²) in [4.78, 5) is 28.3. The fraction of sp³-hybridized carbons (Fsp3) is 0.143. The molecule has 0 amide bonds. The van der Waals surface area contributed by atoms with Gasteiger partial charge in [-0.1, -0.05) is 29.3 Å². The molecule has 0 radical (unpaired) electrons. The van der Waals surface area contributed by atoms with E-state index in [0.29, 0.717) is 18.7 Å². The van der Waals surface area contributed by atoms with Crippen LogP contribution in [-0.4, -0.2) is 22.7 Å². The maximum absolute atomic E-state index is 11.9. The summed E-state index contributed by atoms with van der Waals surface area (Å²) < 4.78 is 5.82. The monoisotopic (exact) mass is 443 g/mol. The Labute approximate surface area is 182 Å². The van der Waals surface area contributed by atoms with Crippen molar-refractivity contribution < 1.29 is 14.5 Å². The molecule has 2 aromatic carbocycles. The molecule has 2 heterocycles. The van der Waals surface area contributed by atoms with Crippen LogP contribution in [0.15, 0.2) is 54.9 Å². The summed E-state index contributed by atoms with van der Waals surface area (Å²) in [7, 11) is 0. The zero-order chi connectivity index (χ0) is 21.3. The molecule has 152 valence electrons. The highest BCUT2D eigenvalue weighted by Crippen LogP contribution is 2.41. The Kier molecular flexibility index (Phi) is 5.57. The van der Waals surface area contributed by atoms with Crippen LogP contribution in [0.5, 0.6) is 11.5 Å². The second-order valence-electron chi connectivity index (χ2n) is 6.69. The van der Waals surface area contributed by atoms with Gasteiger partial charge < -0.3 is 14.4 Å². The van der Waals surface area contributed by atoms with Gasteiger partial charge in [-0.15, -0.1) is 0 Å². The van der Waals surface area contributed by atoms with E-state index in [2.05, 4.69) is 4.98 Å². The minimum atomic E-state index is -0.575. The van der Waals surface area contributed by atoms with E-state index in [1.165, 1.54) is 12.1 Å². The van der Waals surface area contributed by atoms with E-state index < -0.39 is 11.0 Å². The second kappa shape index (κ2) is 8.30. The number of halogens is 2. The van der Waals surface area contributed by atoms with Crippen molar-refractivity contribution in [3.05, 3.63) is 86.1 Å². The Morgan fingerprint density at radius 3 is 2.47 bits per heavy atom. The van der Waals surface area contributed by atoms with Crippen LogP contribution in [0.1, 0.15) is 17.2 Å². The van der Waals surface area contributed by atoms with Crippen LogP contribution in [0.25, 0.3) is 0 Å². The summed E-state index contributed by atoms with van der Waals surface area (Å²) in [5, 5.41) is 11.0. The minimum Gasteiger partial charge on any atom is -0.454 e. The number of nitrogens with zero attached hydrogens (tertiary/aromatic N) is 3. The van der Waals surface area contributed by atoms with Gasteiger partial charge in [0.05, 0.1) is 15.0 Å². The van der Waals surface area contributed by atoms with Gasteiger partial charge >= 0.3 is 0 Å². The van der Waals surface area contributed by atoms with Crippen LogP contribution < -0.4 is 9.64 Å². The number of carbonyl (C=O) groups excluding carboxylic acids is 1. The number of fused-ring (bicyclic) bond motifs is 1. The number of pyridine rings is 1. The number of aromatic nitrogens is 1. The summed E-state index contributed by atoms with van der Waals surface area (Å²) in [6, 6.07) is 11.1. The number of aldehydes is 1. The normalized spacial score (nSPS) is 15.4. The number of rotatable bonds is 5. The Bertz CT molecular complexity index is 1100. The molecule has 4 rings (SSSR count). The summed E-state index contributed by atoms with van der Waals surface area (Å²) >= 11 is 12.3. The molecule has 1 aliphatic rings. The van der Waals surface area contributed by atoms with E-state index in [0.717, 1.165) is 23.1 Å². The largest absolute Gasteiger partial charge is 0.454 e. The third-order valence-corrected chi connectivity index (χ3v) is 5.49. The molecule has 1 unspecified atom stereocenters. The van der Waals surface area contributed by atoms with E-state index >= 15 is 0 Å². The van der Waals surface area contributed by atoms with Gasteiger partial charge in [0.1, 0.15) is 18.1 Å². The summed E-state index contributed by atoms with van der Waals surface area (Å²) in [6.45, 7) is 0.656. The minimum absolute atomic E-state index is 0.0431. The summed E-state index contributed by atoms with van der Waals surface area (Å²) in [6.07, 6.45) is 5.02. The quantitative estimate of drug-likeness (QED) is 0.298. The Morgan fingerprint density at radius 2 is 1.83 bits per heavy atom. The zero-order valence-electron chi connectivity index (χ0n) is 15.5. The molecular weight excluding hydrogens is 429 g/mol. The van der Waals surface area contributed by atoms with Gasteiger partial charge in [0.25, 0.3) is 5.69 Å². The molecule has 30 heavy (non-hydrogen) atoms. The topological polar surface area (TPSA) is 85.6 Å². The van der Waals surface area contributed by atoms with Gasteiger partial charge in [0.2, 0.25) is 0 Å². The molecule has 7 nitrogen and oxygen atoms in total. The van der Waals surface area contributed by atoms with Crippen molar-refractivity contribution in [1.82, 2.24) is 4.98 Å². The maximum atomic E-state index is 11.9. The number of anilines is 1. The van der Waals surface area contributed by atoms with E-state index in [1.807, 2.05) is 29.2 Å². The maximum Gasteiger partial charge on any atom is 0.272 e. The van der Waals surface area contributed by atoms with Crippen molar-refractivity contribution >= 4 is 40.9 Å². The average molecular weight is 444 g/mol. The first-order valence-electron chi connectivity index (χ1n) is 9.04. The van der Waals surface area contributed by atoms with Crippen LogP contribution in [0.3, 0.4) is 0 Å². The molecule has 0 spiro atoms. The SMILES string of the molecule is O=CC1c2ccc(Oc3c(Cl)cc([N+](=O)[O-])cc3Cl)cc2CCN1c1ccncc1. The molecule has 0 aliphatic carbocycles. The molecule has 1 aliphatic heterocycles. The molecule has 0 bridgehead atoms. The molecule has 0 saturated heterocycles. The second-order valence-corrected chi connectivity index (χ2v) is 7.50. The number of non-ortho nitro benzene ring substituents is 1. The molecule has 1 atom stereocenters. The Hall–Kier alpha value is -3.16. The number of hydrogen-bond donors (Lipinski definition) is 0. The molecule has 0 N–H and O–H groups in total. The van der Waals surface area contributed by atoms with Crippen LogP contribution in [0.4, 0.5) is 11.4 Å². The highest BCUT2D eigenvalue weighted by atomic mass is 35.5. The summed E-state index contributed by atoms with van der Waals surface area (Å²) in [5.41, 5.74) is 2.58. The zero-order valence-corrected chi connectivity index (χ0v) is 17.0. The first kappa shape index (κ1) is 20.1. The molecule has 3 aromatic rings. The third kappa shape index (κ3) is 3.81. The lowest BCUT2D eigenvalue weighted by molar-refractivity contribution is -0.384. The number of hydrogen-bond acceptors (Lipinski definition) is 6. The molecule has 1 aromatic heterocycles. The van der Waals surface area contributed by atoms with Gasteiger partial charge in [-0.3, -0.25) is 15.1 Å². The van der Waals surface area contributed by atoms with E-state index in [-0.39, 0.29) is 21.5 Å². The molecule has 0 saturated carbocycles. The van der Waals surface area contributed by atoms with Crippen molar-refractivity contribution in [2.75, 3.05) is 11.4 Å². The highest BCUT2D eigenvalue weighted by molar-refractivity contribution is 6.37. The smallest absolute Gasteiger partial charge is 0.272 e. The lowest BCUT2D eigenvalue weighted by atomic mass is 9.92. The first-order valence-corrected chi connectivity index (χ1v) is 9.79. The Morgan fingerprint density at radius 1 is 1.13 bits per heavy atom. The summed E-state index contributed by atoms with van der Waals surface area (Å²) in [5.74, 6) is 0.624. The number of carbonyl (C=O) groups is 1. The molecular formula is C21H15Cl2N3O4. The van der Waals surface area contributed by atoms with Crippen molar-refractivity contribution in [2.24, 2.45) is 0 Å². The number of benzene rings is 2. The van der Waals surface area contributed by atoms with Crippen molar-refractivity contribution in [3.8, 4) is 11.5 Å². The van der Waals surface area contributed by atoms with Crippen LogP contribution in [-0.2, 0) is 11.2 Å². The number of nitro groups is 1. The number of ether oxygens (including phenoxy) is 1. The van der Waals surface area contributed by atoms with Gasteiger partial charge in [-0.2, -0.15) is 0 Å². The fourth-order valence-electron chi connectivity index (χ4n) is 3.54. The first-order chi connectivity index (χ1) is 14.5. The van der Waals surface area contributed by atoms with Crippen LogP contribution in [0, 0.1) is 10.1 Å². The van der Waals surface area contributed by atoms with Gasteiger partial charge in [-0.25, -0.2) is 0 Å². The van der Waals surface area contributed by atoms with Crippen molar-refractivity contribution in [2.45, 2.75) is 12.5 Å². The van der Waals surface area contributed by atoms with E-state index in [4.69, 9.17) is 27.9 Å². The average Bonchev–Trinajstić information content (AvgIpc) is 2.75. The van der Waals surface area contributed by atoms with E-state index in [9.17, 15) is 14.9 Å². The Balaban J connectivity index is 1.63. The van der Waals surface area contributed by atoms with Crippen molar-refractivity contribution in [3.63, 3.8) is 0 Å². The van der Waals surface area contributed by atoms with E-state index in [1.54, 1.807) is 18.5 Å². The predicted octanol–water partition coefficient (Wildman–Crippen LogP) is 5.39. The molecule has 9 heteroatoms. The third-order valence-electron chi connectivity index (χ3n) is 4.93. The highest BCUT2D eigenvalue weighted by Gasteiger charge is 2.28. The van der Waals surface area contributed by atoms with Gasteiger partial charge in [-0.05, 0) is 41.8 Å². The van der Waals surface area contributed by atoms with Crippen LogP contribution in [0.2, 0.25) is 10.0 Å². The fourth-order valence-corrected chi connectivity index (χ4v) is 4.09. The number of nitro benzene ring substituents is 1. The lowest BCUT2D eigenvalue weighted by Crippen LogP contribution is -2.36. The standard InChI is InChI=1S/C21H15Cl2N3O4/c22-18-10-15(26(28)29)11-19(23)21(18)30-16-1-2-17-13(9-16)5-8-25(20(17)12-27)14-3-6-24-7-4-14/h1-4,6-7,9-12,20H,5,8H2. The van der Waals surface area contributed by atoms with Crippen molar-refractivity contribution in [1.29, 1.82) is 0 Å². The lowest BCUT2D eigenvalue weighted by Gasteiger charge is -2.36. The van der Waals surface area contributed by atoms with Gasteiger partial charge in [0, 0.05) is 36.8 Å². The van der Waals surface area contributed by atoms with Gasteiger partial charge in [0.15, 0.2) is 5.75 Å². The van der Waals surface area contributed by atoms with Crippen LogP contribution >= 0.6 is 23.2 Å². The molecule has 0 fully saturated rings. The predicted molar refractivity (Wildman–Crippen MR) is 114 cm³/mol.